The third-order valence-electron chi connectivity index (χ3n) is 4.05. The number of imidazole rings is 1. The minimum Gasteiger partial charge on any atom is -0.462 e. The maximum Gasteiger partial charge on any atom is 0.449 e. The van der Waals surface area contributed by atoms with Gasteiger partial charge in [-0.25, -0.2) is 9.78 Å². The number of hydrogen-bond acceptors (Lipinski definition) is 4. The van der Waals surface area contributed by atoms with Crippen LogP contribution in [-0.4, -0.2) is 28.0 Å². The molecule has 1 heterocycles. The zero-order valence-corrected chi connectivity index (χ0v) is 15.5. The lowest BCUT2D eigenvalue weighted by atomic mass is 10.2. The van der Waals surface area contributed by atoms with Crippen molar-refractivity contribution in [3.05, 3.63) is 59.9 Å². The van der Waals surface area contributed by atoms with Gasteiger partial charge < -0.3 is 14.6 Å². The summed E-state index contributed by atoms with van der Waals surface area (Å²) in [5, 5.41) is 2.53. The molecule has 1 aromatic heterocycles. The Morgan fingerprint density at radius 1 is 1.10 bits per heavy atom. The van der Waals surface area contributed by atoms with Crippen molar-refractivity contribution in [3.63, 3.8) is 0 Å². The van der Waals surface area contributed by atoms with Crippen LogP contribution in [0.5, 0.6) is 0 Å². The van der Waals surface area contributed by atoms with Crippen molar-refractivity contribution >= 4 is 28.6 Å². The van der Waals surface area contributed by atoms with Crippen molar-refractivity contribution in [2.75, 3.05) is 11.9 Å². The minimum atomic E-state index is -4.69. The Morgan fingerprint density at radius 3 is 2.45 bits per heavy atom. The number of amides is 1. The lowest BCUT2D eigenvalue weighted by Gasteiger charge is -2.12. The highest BCUT2D eigenvalue weighted by Gasteiger charge is 2.38. The number of benzene rings is 2. The molecule has 0 aliphatic rings. The number of fused-ring (bicyclic) bond motifs is 1. The van der Waals surface area contributed by atoms with E-state index in [4.69, 9.17) is 4.74 Å². The van der Waals surface area contributed by atoms with E-state index >= 15 is 0 Å². The summed E-state index contributed by atoms with van der Waals surface area (Å²) in [6.45, 7) is 1.62. The van der Waals surface area contributed by atoms with Gasteiger partial charge in [0.05, 0.1) is 23.2 Å². The van der Waals surface area contributed by atoms with E-state index < -0.39 is 30.4 Å². The van der Waals surface area contributed by atoms with Crippen LogP contribution in [0.4, 0.5) is 18.9 Å². The lowest BCUT2D eigenvalue weighted by Crippen LogP contribution is -2.23. The molecule has 3 aromatic rings. The van der Waals surface area contributed by atoms with E-state index in [9.17, 15) is 22.8 Å². The van der Waals surface area contributed by atoms with Crippen molar-refractivity contribution in [1.29, 1.82) is 0 Å². The van der Waals surface area contributed by atoms with Crippen molar-refractivity contribution in [2.45, 2.75) is 26.1 Å². The number of alkyl halides is 3. The molecule has 6 nitrogen and oxygen atoms in total. The highest BCUT2D eigenvalue weighted by Crippen LogP contribution is 2.31. The lowest BCUT2D eigenvalue weighted by molar-refractivity contribution is -0.147. The predicted octanol–water partition coefficient (Wildman–Crippen LogP) is 4.26. The van der Waals surface area contributed by atoms with Gasteiger partial charge in [-0.15, -0.1) is 0 Å². The number of halogens is 3. The highest BCUT2D eigenvalue weighted by molar-refractivity contribution is 5.93. The third-order valence-corrected chi connectivity index (χ3v) is 4.05. The predicted molar refractivity (Wildman–Crippen MR) is 100 cm³/mol. The summed E-state index contributed by atoms with van der Waals surface area (Å²) in [6.07, 6.45) is -4.00. The summed E-state index contributed by atoms with van der Waals surface area (Å²) in [5.74, 6) is -2.27. The van der Waals surface area contributed by atoms with Gasteiger partial charge in [-0.3, -0.25) is 4.79 Å². The van der Waals surface area contributed by atoms with Crippen LogP contribution in [0, 0.1) is 0 Å². The van der Waals surface area contributed by atoms with Crippen LogP contribution in [0.15, 0.2) is 48.5 Å². The van der Waals surface area contributed by atoms with Crippen LogP contribution < -0.4 is 5.32 Å². The van der Waals surface area contributed by atoms with Gasteiger partial charge in [-0.2, -0.15) is 13.2 Å². The second kappa shape index (κ2) is 8.34. The van der Waals surface area contributed by atoms with Crippen molar-refractivity contribution in [1.82, 2.24) is 9.55 Å². The minimum absolute atomic E-state index is 0.155. The summed E-state index contributed by atoms with van der Waals surface area (Å²) in [7, 11) is 0. The monoisotopic (exact) mass is 405 g/mol. The van der Waals surface area contributed by atoms with Crippen LogP contribution in [0.1, 0.15) is 29.5 Å². The molecular weight excluding hydrogens is 387 g/mol. The summed E-state index contributed by atoms with van der Waals surface area (Å²) in [5.41, 5.74) is 1.03. The second-order valence-corrected chi connectivity index (χ2v) is 6.27. The van der Waals surface area contributed by atoms with E-state index in [0.29, 0.717) is 24.3 Å². The maximum absolute atomic E-state index is 13.3. The van der Waals surface area contributed by atoms with E-state index in [1.165, 1.54) is 36.4 Å². The number of nitrogens with zero attached hydrogens (tertiary/aromatic N) is 2. The Bertz CT molecular complexity index is 1030. The standard InChI is InChI=1S/C20H18F3N3O3/c1-2-11-29-18(28)13-7-9-14(10-8-13)24-17(27)12-26-16-6-4-3-5-15(16)25-19(26)20(21,22)23/h3-10H,2,11-12H2,1H3,(H,24,27). The van der Waals surface area contributed by atoms with Crippen molar-refractivity contribution < 1.29 is 27.5 Å². The number of aromatic nitrogens is 2. The van der Waals surface area contributed by atoms with E-state index in [0.717, 1.165) is 4.57 Å². The number of anilines is 1. The summed E-state index contributed by atoms with van der Waals surface area (Å²) < 4.78 is 45.8. The number of para-hydroxylation sites is 2. The SMILES string of the molecule is CCCOC(=O)c1ccc(NC(=O)Cn2c(C(F)(F)F)nc3ccccc32)cc1. The van der Waals surface area contributed by atoms with Gasteiger partial charge in [-0.1, -0.05) is 19.1 Å². The summed E-state index contributed by atoms with van der Waals surface area (Å²) in [4.78, 5) is 27.7. The van der Waals surface area contributed by atoms with E-state index in [-0.39, 0.29) is 11.0 Å². The van der Waals surface area contributed by atoms with E-state index in [1.54, 1.807) is 12.1 Å². The normalized spacial score (nSPS) is 11.4. The number of nitrogens with one attached hydrogen (secondary N) is 1. The molecule has 0 radical (unpaired) electrons. The summed E-state index contributed by atoms with van der Waals surface area (Å²) >= 11 is 0. The van der Waals surface area contributed by atoms with Crippen molar-refractivity contribution in [3.8, 4) is 0 Å². The number of ether oxygens (including phenoxy) is 1. The first kappa shape index (κ1) is 20.4. The van der Waals surface area contributed by atoms with E-state index in [1.807, 2.05) is 6.92 Å². The molecule has 0 unspecified atom stereocenters. The fourth-order valence-electron chi connectivity index (χ4n) is 2.76. The molecule has 3 rings (SSSR count). The Kier molecular flexibility index (Phi) is 5.86. The molecule has 1 amide bonds. The van der Waals surface area contributed by atoms with Gasteiger partial charge >= 0.3 is 12.1 Å². The smallest absolute Gasteiger partial charge is 0.449 e. The largest absolute Gasteiger partial charge is 0.462 e. The highest BCUT2D eigenvalue weighted by atomic mass is 19.4. The van der Waals surface area contributed by atoms with Crippen LogP contribution >= 0.6 is 0 Å². The first-order valence-corrected chi connectivity index (χ1v) is 8.89. The maximum atomic E-state index is 13.3. The summed E-state index contributed by atoms with van der Waals surface area (Å²) in [6, 6.07) is 12.0. The van der Waals surface area contributed by atoms with Gasteiger partial charge in [-0.05, 0) is 42.8 Å². The van der Waals surface area contributed by atoms with Crippen LogP contribution in [0.3, 0.4) is 0 Å². The Labute approximate surface area is 164 Å². The molecule has 2 aromatic carbocycles. The Morgan fingerprint density at radius 2 is 1.79 bits per heavy atom. The van der Waals surface area contributed by atoms with Gasteiger partial charge in [0.1, 0.15) is 6.54 Å². The molecule has 0 bridgehead atoms. The molecule has 0 saturated carbocycles. The topological polar surface area (TPSA) is 73.2 Å². The first-order chi connectivity index (χ1) is 13.8. The first-order valence-electron chi connectivity index (χ1n) is 8.89. The van der Waals surface area contributed by atoms with Gasteiger partial charge in [0.25, 0.3) is 0 Å². The van der Waals surface area contributed by atoms with Crippen LogP contribution in [-0.2, 0) is 22.3 Å². The average Bonchev–Trinajstić information content (AvgIpc) is 3.05. The molecule has 9 heteroatoms. The van der Waals surface area contributed by atoms with Crippen LogP contribution in [0.2, 0.25) is 0 Å². The van der Waals surface area contributed by atoms with Gasteiger partial charge in [0.2, 0.25) is 11.7 Å². The van der Waals surface area contributed by atoms with Gasteiger partial charge in [0, 0.05) is 5.69 Å². The Balaban J connectivity index is 1.75. The molecule has 1 N–H and O–H groups in total. The molecule has 152 valence electrons. The third kappa shape index (κ3) is 4.74. The quantitative estimate of drug-likeness (QED) is 0.622. The second-order valence-electron chi connectivity index (χ2n) is 6.27. The average molecular weight is 405 g/mol. The number of rotatable bonds is 6. The molecule has 0 atom stereocenters. The molecule has 0 fully saturated rings. The molecule has 0 saturated heterocycles. The number of carbonyl (C=O) groups excluding carboxylic acids is 2. The molecule has 0 spiro atoms. The Hall–Kier alpha value is -3.36. The fraction of sp³-hybridized carbons (Fsp3) is 0.250. The molecule has 0 aliphatic heterocycles. The zero-order chi connectivity index (χ0) is 21.0. The molecule has 0 aliphatic carbocycles. The number of carbonyl (C=O) groups is 2. The fourth-order valence-corrected chi connectivity index (χ4v) is 2.76. The van der Waals surface area contributed by atoms with Gasteiger partial charge in [0.15, 0.2) is 0 Å². The number of esters is 1. The molecule has 29 heavy (non-hydrogen) atoms. The van der Waals surface area contributed by atoms with Crippen LogP contribution in [0.25, 0.3) is 11.0 Å². The number of hydrogen-bond donors (Lipinski definition) is 1. The molecular formula is C20H18F3N3O3. The van der Waals surface area contributed by atoms with Crippen molar-refractivity contribution in [2.24, 2.45) is 0 Å². The van der Waals surface area contributed by atoms with E-state index in [2.05, 4.69) is 10.3 Å². The zero-order valence-electron chi connectivity index (χ0n) is 15.5.